The summed E-state index contributed by atoms with van der Waals surface area (Å²) in [6, 6.07) is 12.5. The Labute approximate surface area is 157 Å². The fourth-order valence-corrected chi connectivity index (χ4v) is 3.81. The number of anilines is 1. The van der Waals surface area contributed by atoms with E-state index in [0.29, 0.717) is 6.54 Å². The molecule has 1 aliphatic carbocycles. The van der Waals surface area contributed by atoms with Gasteiger partial charge < -0.3 is 15.4 Å². The maximum atomic E-state index is 12.2. The van der Waals surface area contributed by atoms with E-state index in [-0.39, 0.29) is 11.9 Å². The van der Waals surface area contributed by atoms with Gasteiger partial charge in [-0.3, -0.25) is 4.79 Å². The zero-order valence-corrected chi connectivity index (χ0v) is 16.2. The summed E-state index contributed by atoms with van der Waals surface area (Å²) in [5, 5.41) is 5.05. The molecule has 3 N–H and O–H groups in total. The molecule has 0 aromatic heterocycles. The SMILES string of the molecule is COc1ccc([C@@H](C)[NH2+]CC(=O)Nc2ccc3c(c2)CCC3)cc1Br. The quantitative estimate of drug-likeness (QED) is 0.777. The highest BCUT2D eigenvalue weighted by atomic mass is 79.9. The molecule has 0 bridgehead atoms. The van der Waals surface area contributed by atoms with Gasteiger partial charge in [0.25, 0.3) is 5.91 Å². The van der Waals surface area contributed by atoms with Crippen molar-refractivity contribution >= 4 is 27.5 Å². The molecule has 0 heterocycles. The summed E-state index contributed by atoms with van der Waals surface area (Å²) >= 11 is 3.51. The van der Waals surface area contributed by atoms with Crippen LogP contribution in [-0.4, -0.2) is 19.6 Å². The Morgan fingerprint density at radius 1 is 1.24 bits per heavy atom. The second-order valence-corrected chi connectivity index (χ2v) is 7.36. The average Bonchev–Trinajstić information content (AvgIpc) is 3.07. The number of amides is 1. The van der Waals surface area contributed by atoms with E-state index in [1.807, 2.05) is 29.6 Å². The number of nitrogens with one attached hydrogen (secondary N) is 1. The highest BCUT2D eigenvalue weighted by Gasteiger charge is 2.15. The molecule has 0 radical (unpaired) electrons. The number of hydrogen-bond acceptors (Lipinski definition) is 2. The summed E-state index contributed by atoms with van der Waals surface area (Å²) in [5.74, 6) is 0.836. The van der Waals surface area contributed by atoms with Crippen LogP contribution in [0, 0.1) is 0 Å². The molecule has 1 atom stereocenters. The first-order valence-electron chi connectivity index (χ1n) is 8.65. The number of methoxy groups -OCH3 is 1. The molecule has 0 aliphatic heterocycles. The van der Waals surface area contributed by atoms with Crippen LogP contribution < -0.4 is 15.4 Å². The lowest BCUT2D eigenvalue weighted by molar-refractivity contribution is -0.682. The minimum atomic E-state index is 0.0253. The van der Waals surface area contributed by atoms with E-state index in [9.17, 15) is 4.79 Å². The van der Waals surface area contributed by atoms with Gasteiger partial charge in [-0.1, -0.05) is 6.07 Å². The van der Waals surface area contributed by atoms with E-state index in [0.717, 1.165) is 34.3 Å². The Morgan fingerprint density at radius 3 is 2.80 bits per heavy atom. The summed E-state index contributed by atoms with van der Waals surface area (Å²) in [7, 11) is 1.65. The molecule has 1 amide bonds. The first kappa shape index (κ1) is 18.0. The van der Waals surface area contributed by atoms with Gasteiger partial charge in [-0.2, -0.15) is 0 Å². The van der Waals surface area contributed by atoms with Crippen LogP contribution in [0.25, 0.3) is 0 Å². The first-order valence-corrected chi connectivity index (χ1v) is 9.44. The number of fused-ring (bicyclic) bond motifs is 1. The van der Waals surface area contributed by atoms with Gasteiger partial charge in [0.15, 0.2) is 6.54 Å². The molecule has 2 aromatic carbocycles. The van der Waals surface area contributed by atoms with Crippen molar-refractivity contribution in [2.24, 2.45) is 0 Å². The molecule has 1 aliphatic rings. The predicted molar refractivity (Wildman–Crippen MR) is 103 cm³/mol. The number of halogens is 1. The summed E-state index contributed by atoms with van der Waals surface area (Å²) in [6.45, 7) is 2.48. The monoisotopic (exact) mass is 403 g/mol. The number of hydrogen-bond donors (Lipinski definition) is 2. The summed E-state index contributed by atoms with van der Waals surface area (Å²) in [4.78, 5) is 12.2. The molecule has 0 fully saturated rings. The third-order valence-electron chi connectivity index (χ3n) is 4.74. The molecule has 5 heteroatoms. The molecule has 25 heavy (non-hydrogen) atoms. The van der Waals surface area contributed by atoms with Crippen molar-refractivity contribution in [3.8, 4) is 5.75 Å². The number of nitrogens with two attached hydrogens (primary N) is 1. The molecule has 4 nitrogen and oxygen atoms in total. The molecule has 3 rings (SSSR count). The largest absolute Gasteiger partial charge is 0.496 e. The first-order chi connectivity index (χ1) is 12.1. The highest BCUT2D eigenvalue weighted by molar-refractivity contribution is 9.10. The van der Waals surface area contributed by atoms with Crippen molar-refractivity contribution in [3.05, 3.63) is 57.6 Å². The minimum Gasteiger partial charge on any atom is -0.496 e. The number of rotatable bonds is 6. The van der Waals surface area contributed by atoms with Crippen molar-refractivity contribution in [3.63, 3.8) is 0 Å². The summed E-state index contributed by atoms with van der Waals surface area (Å²) in [6.07, 6.45) is 3.50. The van der Waals surface area contributed by atoms with Crippen molar-refractivity contribution in [2.75, 3.05) is 19.0 Å². The Bertz CT molecular complexity index is 776. The van der Waals surface area contributed by atoms with Crippen molar-refractivity contribution in [2.45, 2.75) is 32.2 Å². The van der Waals surface area contributed by atoms with Crippen LogP contribution in [0.2, 0.25) is 0 Å². The lowest BCUT2D eigenvalue weighted by atomic mass is 10.1. The van der Waals surface area contributed by atoms with Crippen molar-refractivity contribution in [1.29, 1.82) is 0 Å². The molecule has 132 valence electrons. The maximum absolute atomic E-state index is 12.2. The Balaban J connectivity index is 1.54. The lowest BCUT2D eigenvalue weighted by Crippen LogP contribution is -2.86. The third kappa shape index (κ3) is 4.41. The van der Waals surface area contributed by atoms with Crippen LogP contribution in [0.1, 0.15) is 36.1 Å². The Hall–Kier alpha value is -1.85. The van der Waals surface area contributed by atoms with Gasteiger partial charge >= 0.3 is 0 Å². The van der Waals surface area contributed by atoms with E-state index in [4.69, 9.17) is 4.74 Å². The second kappa shape index (κ2) is 8.02. The van der Waals surface area contributed by atoms with Crippen LogP contribution in [0.15, 0.2) is 40.9 Å². The summed E-state index contributed by atoms with van der Waals surface area (Å²) < 4.78 is 6.18. The zero-order chi connectivity index (χ0) is 17.8. The van der Waals surface area contributed by atoms with Gasteiger partial charge in [-0.25, -0.2) is 0 Å². The normalized spacial score (nSPS) is 14.0. The van der Waals surface area contributed by atoms with Crippen LogP contribution in [-0.2, 0) is 17.6 Å². The van der Waals surface area contributed by atoms with Gasteiger partial charge in [-0.15, -0.1) is 0 Å². The van der Waals surface area contributed by atoms with Crippen LogP contribution in [0.4, 0.5) is 5.69 Å². The predicted octanol–water partition coefficient (Wildman–Crippen LogP) is 3.21. The molecule has 0 saturated carbocycles. The second-order valence-electron chi connectivity index (χ2n) is 6.51. The fraction of sp³-hybridized carbons (Fsp3) is 0.350. The third-order valence-corrected chi connectivity index (χ3v) is 5.36. The Morgan fingerprint density at radius 2 is 2.04 bits per heavy atom. The minimum absolute atomic E-state index is 0.0253. The van der Waals surface area contributed by atoms with Gasteiger partial charge in [0.1, 0.15) is 11.8 Å². The van der Waals surface area contributed by atoms with Crippen LogP contribution >= 0.6 is 15.9 Å². The molecular formula is C20H24BrN2O2+. The highest BCUT2D eigenvalue weighted by Crippen LogP contribution is 2.27. The van der Waals surface area contributed by atoms with E-state index in [1.54, 1.807) is 7.11 Å². The fourth-order valence-electron chi connectivity index (χ4n) is 3.25. The van der Waals surface area contributed by atoms with Crippen LogP contribution in [0.5, 0.6) is 5.75 Å². The molecule has 2 aromatic rings. The van der Waals surface area contributed by atoms with E-state index >= 15 is 0 Å². The van der Waals surface area contributed by atoms with Gasteiger partial charge in [0, 0.05) is 11.3 Å². The number of quaternary nitrogens is 1. The standard InChI is InChI=1S/C20H23BrN2O2/c1-13(15-7-9-19(25-2)18(21)11-15)22-12-20(24)23-17-8-6-14-4-3-5-16(14)10-17/h6-11,13,22H,3-5,12H2,1-2H3,(H,23,24)/p+1/t13-/m1/s1. The summed E-state index contributed by atoms with van der Waals surface area (Å²) in [5.41, 5.74) is 4.85. The number of aryl methyl sites for hydroxylation is 2. The zero-order valence-electron chi connectivity index (χ0n) is 14.6. The van der Waals surface area contributed by atoms with Crippen molar-refractivity contribution in [1.82, 2.24) is 0 Å². The van der Waals surface area contributed by atoms with Gasteiger partial charge in [-0.05, 0) is 83.6 Å². The number of ether oxygens (including phenoxy) is 1. The van der Waals surface area contributed by atoms with Crippen LogP contribution in [0.3, 0.4) is 0 Å². The van der Waals surface area contributed by atoms with E-state index in [2.05, 4.69) is 40.3 Å². The van der Waals surface area contributed by atoms with E-state index in [1.165, 1.54) is 17.5 Å². The lowest BCUT2D eigenvalue weighted by Gasteiger charge is -2.13. The smallest absolute Gasteiger partial charge is 0.279 e. The maximum Gasteiger partial charge on any atom is 0.279 e. The number of carbonyl (C=O) groups is 1. The molecular weight excluding hydrogens is 380 g/mol. The van der Waals surface area contributed by atoms with Gasteiger partial charge in [0.2, 0.25) is 0 Å². The van der Waals surface area contributed by atoms with Crippen molar-refractivity contribution < 1.29 is 14.8 Å². The number of carbonyl (C=O) groups excluding carboxylic acids is 1. The van der Waals surface area contributed by atoms with Gasteiger partial charge in [0.05, 0.1) is 11.6 Å². The molecule has 0 unspecified atom stereocenters. The Kier molecular flexibility index (Phi) is 5.76. The molecule has 0 saturated heterocycles. The average molecular weight is 404 g/mol. The topological polar surface area (TPSA) is 54.9 Å². The number of benzene rings is 2. The van der Waals surface area contributed by atoms with E-state index < -0.39 is 0 Å². The molecule has 0 spiro atoms.